The van der Waals surface area contributed by atoms with Gasteiger partial charge < -0.3 is 5.32 Å². The highest BCUT2D eigenvalue weighted by Crippen LogP contribution is 2.16. The Kier molecular flexibility index (Phi) is 5.60. The molecule has 1 unspecified atom stereocenters. The Hall–Kier alpha value is -1.38. The number of hydrogen-bond acceptors (Lipinski definition) is 3. The van der Waals surface area contributed by atoms with Crippen LogP contribution in [-0.2, 0) is 17.9 Å². The Morgan fingerprint density at radius 2 is 2.18 bits per heavy atom. The number of carbonyl (C=O) groups excluding carboxylic acids is 1. The first kappa shape index (κ1) is 17.0. The molecule has 0 spiro atoms. The van der Waals surface area contributed by atoms with Crippen LogP contribution in [0.25, 0.3) is 0 Å². The van der Waals surface area contributed by atoms with Gasteiger partial charge >= 0.3 is 0 Å². The number of halogens is 1. The lowest BCUT2D eigenvalue weighted by Crippen LogP contribution is -2.27. The predicted molar refractivity (Wildman–Crippen MR) is 93.5 cm³/mol. The molecule has 7 heteroatoms. The van der Waals surface area contributed by atoms with Crippen LogP contribution in [0.4, 0.5) is 0 Å². The van der Waals surface area contributed by atoms with E-state index in [0.717, 1.165) is 27.1 Å². The standard InChI is InChI=1S/C15H22IN5O/c1-5-20-9-13(11(3)19-20)10(2)18-15(22)6-7-21-12(4)14(16)8-17-21/h8-10H,5-7H2,1-4H3,(H,18,22). The number of nitrogens with zero attached hydrogens (tertiary/aromatic N) is 4. The molecule has 2 aromatic rings. The molecule has 0 aromatic carbocycles. The zero-order valence-electron chi connectivity index (χ0n) is 13.4. The summed E-state index contributed by atoms with van der Waals surface area (Å²) in [5.41, 5.74) is 3.13. The summed E-state index contributed by atoms with van der Waals surface area (Å²) >= 11 is 2.25. The number of amides is 1. The first-order valence-electron chi connectivity index (χ1n) is 7.43. The first-order valence-corrected chi connectivity index (χ1v) is 8.51. The van der Waals surface area contributed by atoms with E-state index in [1.165, 1.54) is 0 Å². The Bertz CT molecular complexity index is 661. The summed E-state index contributed by atoms with van der Waals surface area (Å²) in [4.78, 5) is 12.1. The minimum absolute atomic E-state index is 0.0288. The van der Waals surface area contributed by atoms with E-state index < -0.39 is 0 Å². The fourth-order valence-corrected chi connectivity index (χ4v) is 2.77. The van der Waals surface area contributed by atoms with Crippen LogP contribution in [0.3, 0.4) is 0 Å². The van der Waals surface area contributed by atoms with Gasteiger partial charge in [0.25, 0.3) is 0 Å². The van der Waals surface area contributed by atoms with Crippen LogP contribution in [-0.4, -0.2) is 25.5 Å². The summed E-state index contributed by atoms with van der Waals surface area (Å²) in [6.45, 7) is 9.45. The van der Waals surface area contributed by atoms with E-state index in [4.69, 9.17) is 0 Å². The second kappa shape index (κ2) is 7.26. The lowest BCUT2D eigenvalue weighted by atomic mass is 10.1. The molecule has 0 bridgehead atoms. The van der Waals surface area contributed by atoms with Gasteiger partial charge in [-0.15, -0.1) is 0 Å². The summed E-state index contributed by atoms with van der Waals surface area (Å²) in [5, 5.41) is 11.7. The van der Waals surface area contributed by atoms with E-state index in [9.17, 15) is 4.79 Å². The van der Waals surface area contributed by atoms with Crippen molar-refractivity contribution in [3.63, 3.8) is 0 Å². The van der Waals surface area contributed by atoms with Gasteiger partial charge in [-0.05, 0) is 50.3 Å². The number of carbonyl (C=O) groups is 1. The van der Waals surface area contributed by atoms with Crippen molar-refractivity contribution in [2.45, 2.75) is 53.2 Å². The third kappa shape index (κ3) is 3.88. The number of nitrogens with one attached hydrogen (secondary N) is 1. The Labute approximate surface area is 144 Å². The minimum atomic E-state index is -0.0355. The van der Waals surface area contributed by atoms with E-state index in [1.807, 2.05) is 49.5 Å². The van der Waals surface area contributed by atoms with E-state index in [1.54, 1.807) is 0 Å². The minimum Gasteiger partial charge on any atom is -0.349 e. The van der Waals surface area contributed by atoms with E-state index in [0.29, 0.717) is 13.0 Å². The molecule has 0 aliphatic carbocycles. The van der Waals surface area contributed by atoms with Crippen molar-refractivity contribution in [2.24, 2.45) is 0 Å². The van der Waals surface area contributed by atoms with Gasteiger partial charge in [0.05, 0.1) is 21.5 Å². The molecule has 2 rings (SSSR count). The second-order valence-electron chi connectivity index (χ2n) is 5.37. The average Bonchev–Trinajstić information content (AvgIpc) is 3.01. The monoisotopic (exact) mass is 415 g/mol. The van der Waals surface area contributed by atoms with Gasteiger partial charge in [-0.3, -0.25) is 14.2 Å². The molecule has 0 aliphatic rings. The second-order valence-corrected chi connectivity index (χ2v) is 6.53. The van der Waals surface area contributed by atoms with Gasteiger partial charge in [0.15, 0.2) is 0 Å². The van der Waals surface area contributed by atoms with Crippen LogP contribution in [0.15, 0.2) is 12.4 Å². The maximum Gasteiger partial charge on any atom is 0.222 e. The summed E-state index contributed by atoms with van der Waals surface area (Å²) in [6.07, 6.45) is 4.24. The smallest absolute Gasteiger partial charge is 0.222 e. The molecule has 2 heterocycles. The third-order valence-corrected chi connectivity index (χ3v) is 4.81. The molecular formula is C15H22IN5O. The lowest BCUT2D eigenvalue weighted by Gasteiger charge is -2.13. The van der Waals surface area contributed by atoms with Gasteiger partial charge in [0.1, 0.15) is 0 Å². The lowest BCUT2D eigenvalue weighted by molar-refractivity contribution is -0.122. The Morgan fingerprint density at radius 3 is 2.73 bits per heavy atom. The molecule has 0 radical (unpaired) electrons. The maximum atomic E-state index is 12.1. The van der Waals surface area contributed by atoms with Crippen LogP contribution in [0.5, 0.6) is 0 Å². The van der Waals surface area contributed by atoms with Crippen LogP contribution in [0.1, 0.15) is 43.3 Å². The first-order chi connectivity index (χ1) is 10.4. The zero-order valence-corrected chi connectivity index (χ0v) is 15.6. The largest absolute Gasteiger partial charge is 0.349 e. The van der Waals surface area contributed by atoms with Crippen LogP contribution in [0.2, 0.25) is 0 Å². The van der Waals surface area contributed by atoms with Crippen molar-refractivity contribution in [1.29, 1.82) is 0 Å². The van der Waals surface area contributed by atoms with Crippen molar-refractivity contribution in [1.82, 2.24) is 24.9 Å². The molecule has 0 fully saturated rings. The molecule has 1 amide bonds. The Morgan fingerprint density at radius 1 is 1.45 bits per heavy atom. The Balaban J connectivity index is 1.91. The van der Waals surface area contributed by atoms with Crippen LogP contribution >= 0.6 is 22.6 Å². The van der Waals surface area contributed by atoms with Crippen molar-refractivity contribution >= 4 is 28.5 Å². The molecule has 0 saturated heterocycles. The summed E-state index contributed by atoms with van der Waals surface area (Å²) in [5.74, 6) is 0.0288. The van der Waals surface area contributed by atoms with Gasteiger partial charge in [0.2, 0.25) is 5.91 Å². The summed E-state index contributed by atoms with van der Waals surface area (Å²) < 4.78 is 4.88. The van der Waals surface area contributed by atoms with E-state index in [2.05, 4.69) is 38.1 Å². The fourth-order valence-electron chi connectivity index (χ4n) is 2.37. The topological polar surface area (TPSA) is 64.7 Å². The highest BCUT2D eigenvalue weighted by atomic mass is 127. The van der Waals surface area contributed by atoms with Crippen molar-refractivity contribution in [2.75, 3.05) is 0 Å². The normalized spacial score (nSPS) is 12.4. The molecule has 0 aliphatic heterocycles. The number of aromatic nitrogens is 4. The molecule has 1 atom stereocenters. The zero-order chi connectivity index (χ0) is 16.3. The van der Waals surface area contributed by atoms with Gasteiger partial charge in [-0.2, -0.15) is 10.2 Å². The number of rotatable bonds is 6. The number of aryl methyl sites for hydroxylation is 3. The van der Waals surface area contributed by atoms with Crippen LogP contribution < -0.4 is 5.32 Å². The van der Waals surface area contributed by atoms with Gasteiger partial charge in [-0.25, -0.2) is 0 Å². The third-order valence-electron chi connectivity index (χ3n) is 3.75. The van der Waals surface area contributed by atoms with E-state index >= 15 is 0 Å². The summed E-state index contributed by atoms with van der Waals surface area (Å²) in [7, 11) is 0. The van der Waals surface area contributed by atoms with Crippen molar-refractivity contribution < 1.29 is 4.79 Å². The molecule has 0 saturated carbocycles. The SMILES string of the molecule is CCn1cc(C(C)NC(=O)CCn2ncc(I)c2C)c(C)n1. The van der Waals surface area contributed by atoms with Crippen molar-refractivity contribution in [3.05, 3.63) is 32.9 Å². The van der Waals surface area contributed by atoms with Crippen molar-refractivity contribution in [3.8, 4) is 0 Å². The van der Waals surface area contributed by atoms with Crippen LogP contribution in [0, 0.1) is 17.4 Å². The summed E-state index contributed by atoms with van der Waals surface area (Å²) in [6, 6.07) is -0.0355. The molecule has 120 valence electrons. The molecule has 2 aromatic heterocycles. The quantitative estimate of drug-likeness (QED) is 0.738. The maximum absolute atomic E-state index is 12.1. The molecule has 22 heavy (non-hydrogen) atoms. The number of hydrogen-bond donors (Lipinski definition) is 1. The molecule has 6 nitrogen and oxygen atoms in total. The van der Waals surface area contributed by atoms with Gasteiger partial charge in [0, 0.05) is 37.0 Å². The predicted octanol–water partition coefficient (Wildman–Crippen LogP) is 2.59. The van der Waals surface area contributed by atoms with E-state index in [-0.39, 0.29) is 11.9 Å². The fraction of sp³-hybridized carbons (Fsp3) is 0.533. The molecular weight excluding hydrogens is 393 g/mol. The average molecular weight is 415 g/mol. The van der Waals surface area contributed by atoms with Gasteiger partial charge in [-0.1, -0.05) is 0 Å². The highest BCUT2D eigenvalue weighted by molar-refractivity contribution is 14.1. The highest BCUT2D eigenvalue weighted by Gasteiger charge is 2.15. The molecule has 1 N–H and O–H groups in total.